The number of morpholine rings is 1. The summed E-state index contributed by atoms with van der Waals surface area (Å²) in [6.07, 6.45) is 2.92. The van der Waals surface area contributed by atoms with E-state index in [1.807, 2.05) is 17.6 Å². The SMILES string of the molecule is Cc1cn2nc(N3CC(C)(C)OC4(CCOC4)C3)sc2n1. The van der Waals surface area contributed by atoms with E-state index in [0.717, 1.165) is 41.9 Å². The Morgan fingerprint density at radius 1 is 1.33 bits per heavy atom. The van der Waals surface area contributed by atoms with Crippen LogP contribution in [-0.2, 0) is 9.47 Å². The number of nitrogens with zero attached hydrogens (tertiary/aromatic N) is 4. The van der Waals surface area contributed by atoms with Gasteiger partial charge in [-0.2, -0.15) is 0 Å². The van der Waals surface area contributed by atoms with Crippen LogP contribution in [0.1, 0.15) is 26.0 Å². The molecule has 2 fully saturated rings. The first kappa shape index (κ1) is 13.5. The number of aryl methyl sites for hydroxylation is 1. The lowest BCUT2D eigenvalue weighted by Crippen LogP contribution is -2.60. The molecule has 2 aliphatic heterocycles. The normalized spacial score (nSPS) is 28.8. The van der Waals surface area contributed by atoms with Gasteiger partial charge in [0, 0.05) is 19.6 Å². The highest BCUT2D eigenvalue weighted by molar-refractivity contribution is 7.20. The fraction of sp³-hybridized carbons (Fsp3) is 0.714. The van der Waals surface area contributed by atoms with Gasteiger partial charge in [0.05, 0.1) is 30.6 Å². The highest BCUT2D eigenvalue weighted by Crippen LogP contribution is 2.37. The van der Waals surface area contributed by atoms with Gasteiger partial charge in [0.15, 0.2) is 0 Å². The van der Waals surface area contributed by atoms with Crippen LogP contribution in [0.2, 0.25) is 0 Å². The largest absolute Gasteiger partial charge is 0.378 e. The van der Waals surface area contributed by atoms with Gasteiger partial charge in [-0.05, 0) is 20.8 Å². The van der Waals surface area contributed by atoms with Crippen molar-refractivity contribution < 1.29 is 9.47 Å². The van der Waals surface area contributed by atoms with Crippen molar-refractivity contribution in [3.8, 4) is 0 Å². The molecule has 21 heavy (non-hydrogen) atoms. The van der Waals surface area contributed by atoms with Crippen LogP contribution in [0.4, 0.5) is 5.13 Å². The summed E-state index contributed by atoms with van der Waals surface area (Å²) < 4.78 is 13.8. The maximum absolute atomic E-state index is 6.34. The van der Waals surface area contributed by atoms with E-state index in [4.69, 9.17) is 9.47 Å². The molecular formula is C14H20N4O2S. The molecule has 6 nitrogen and oxygen atoms in total. The van der Waals surface area contributed by atoms with Gasteiger partial charge in [-0.3, -0.25) is 0 Å². The zero-order valence-electron chi connectivity index (χ0n) is 12.6. The smallest absolute Gasteiger partial charge is 0.214 e. The summed E-state index contributed by atoms with van der Waals surface area (Å²) in [7, 11) is 0. The van der Waals surface area contributed by atoms with Crippen LogP contribution in [0.15, 0.2) is 6.20 Å². The Morgan fingerprint density at radius 3 is 2.90 bits per heavy atom. The second-order valence-electron chi connectivity index (χ2n) is 6.70. The summed E-state index contributed by atoms with van der Waals surface area (Å²) in [6, 6.07) is 0. The van der Waals surface area contributed by atoms with Crippen LogP contribution in [0.3, 0.4) is 0 Å². The highest BCUT2D eigenvalue weighted by Gasteiger charge is 2.47. The van der Waals surface area contributed by atoms with Gasteiger partial charge in [0.1, 0.15) is 5.60 Å². The summed E-state index contributed by atoms with van der Waals surface area (Å²) in [5.74, 6) is 0. The quantitative estimate of drug-likeness (QED) is 0.805. The highest BCUT2D eigenvalue weighted by atomic mass is 32.1. The molecule has 1 atom stereocenters. The average Bonchev–Trinajstić information content (AvgIpc) is 3.01. The predicted octanol–water partition coefficient (Wildman–Crippen LogP) is 1.87. The number of imidazole rings is 1. The van der Waals surface area contributed by atoms with Crippen molar-refractivity contribution in [1.82, 2.24) is 14.6 Å². The lowest BCUT2D eigenvalue weighted by molar-refractivity contribution is -0.151. The van der Waals surface area contributed by atoms with Crippen LogP contribution < -0.4 is 4.90 Å². The topological polar surface area (TPSA) is 51.9 Å². The van der Waals surface area contributed by atoms with E-state index in [9.17, 15) is 0 Å². The molecule has 7 heteroatoms. The van der Waals surface area contributed by atoms with Crippen LogP contribution in [-0.4, -0.2) is 52.1 Å². The minimum absolute atomic E-state index is 0.189. The molecule has 0 saturated carbocycles. The van der Waals surface area contributed by atoms with Gasteiger partial charge in [-0.15, -0.1) is 5.10 Å². The van der Waals surface area contributed by atoms with E-state index in [1.165, 1.54) is 0 Å². The molecule has 1 unspecified atom stereocenters. The van der Waals surface area contributed by atoms with Gasteiger partial charge >= 0.3 is 0 Å². The predicted molar refractivity (Wildman–Crippen MR) is 81.1 cm³/mol. The number of aromatic nitrogens is 3. The summed E-state index contributed by atoms with van der Waals surface area (Å²) in [4.78, 5) is 7.76. The van der Waals surface area contributed by atoms with Gasteiger partial charge in [-0.1, -0.05) is 11.3 Å². The minimum atomic E-state index is -0.199. The number of hydrogen-bond acceptors (Lipinski definition) is 6. The Balaban J connectivity index is 1.67. The molecular weight excluding hydrogens is 288 g/mol. The van der Waals surface area contributed by atoms with E-state index >= 15 is 0 Å². The Morgan fingerprint density at radius 2 is 2.19 bits per heavy atom. The first-order valence-electron chi connectivity index (χ1n) is 7.31. The molecule has 4 rings (SSSR count). The van der Waals surface area contributed by atoms with Gasteiger partial charge < -0.3 is 14.4 Å². The molecule has 2 aromatic rings. The number of ether oxygens (including phenoxy) is 2. The van der Waals surface area contributed by atoms with Crippen molar-refractivity contribution in [3.05, 3.63) is 11.9 Å². The van der Waals surface area contributed by atoms with Crippen LogP contribution >= 0.6 is 11.3 Å². The zero-order valence-corrected chi connectivity index (χ0v) is 13.4. The number of fused-ring (bicyclic) bond motifs is 1. The monoisotopic (exact) mass is 308 g/mol. The Bertz CT molecular complexity index is 640. The van der Waals surface area contributed by atoms with Crippen molar-refractivity contribution in [1.29, 1.82) is 0 Å². The van der Waals surface area contributed by atoms with Crippen molar-refractivity contribution in [2.75, 3.05) is 31.2 Å². The summed E-state index contributed by atoms with van der Waals surface area (Å²) in [5.41, 5.74) is 0.615. The molecule has 114 valence electrons. The zero-order chi connectivity index (χ0) is 14.7. The fourth-order valence-corrected chi connectivity index (χ4v) is 4.30. The van der Waals surface area contributed by atoms with Crippen LogP contribution in [0.5, 0.6) is 0 Å². The van der Waals surface area contributed by atoms with Crippen molar-refractivity contribution in [2.45, 2.75) is 38.4 Å². The number of anilines is 1. The standard InChI is InChI=1S/C14H20N4O2S/c1-10-6-18-11(15-10)21-12(16-18)17-7-13(2,3)20-14(8-17)4-5-19-9-14/h6H,4-5,7-9H2,1-3H3. The maximum Gasteiger partial charge on any atom is 0.214 e. The molecule has 0 bridgehead atoms. The second-order valence-corrected chi connectivity index (χ2v) is 7.63. The van der Waals surface area contributed by atoms with Crippen LogP contribution in [0, 0.1) is 6.92 Å². The van der Waals surface area contributed by atoms with E-state index in [1.54, 1.807) is 11.3 Å². The third-order valence-corrected chi connectivity index (χ3v) is 5.02. The average molecular weight is 308 g/mol. The second kappa shape index (κ2) is 4.41. The Hall–Kier alpha value is -1.18. The molecule has 2 aromatic heterocycles. The molecule has 0 radical (unpaired) electrons. The van der Waals surface area contributed by atoms with E-state index < -0.39 is 0 Å². The molecule has 0 aromatic carbocycles. The van der Waals surface area contributed by atoms with Gasteiger partial charge in [0.2, 0.25) is 10.1 Å². The molecule has 0 aliphatic carbocycles. The van der Waals surface area contributed by atoms with E-state index in [2.05, 4.69) is 28.8 Å². The van der Waals surface area contributed by atoms with Crippen molar-refractivity contribution >= 4 is 21.4 Å². The number of hydrogen-bond donors (Lipinski definition) is 0. The molecule has 2 saturated heterocycles. The number of rotatable bonds is 1. The minimum Gasteiger partial charge on any atom is -0.378 e. The summed E-state index contributed by atoms with van der Waals surface area (Å²) in [6.45, 7) is 9.41. The Labute approximate surface area is 127 Å². The molecule has 2 aliphatic rings. The van der Waals surface area contributed by atoms with E-state index in [-0.39, 0.29) is 11.2 Å². The van der Waals surface area contributed by atoms with Gasteiger partial charge in [0.25, 0.3) is 0 Å². The van der Waals surface area contributed by atoms with Gasteiger partial charge in [-0.25, -0.2) is 9.50 Å². The first-order valence-corrected chi connectivity index (χ1v) is 8.12. The van der Waals surface area contributed by atoms with Crippen LogP contribution in [0.25, 0.3) is 4.96 Å². The first-order chi connectivity index (χ1) is 9.95. The Kier molecular flexibility index (Phi) is 2.83. The maximum atomic E-state index is 6.34. The fourth-order valence-electron chi connectivity index (χ4n) is 3.37. The molecule has 0 amide bonds. The third kappa shape index (κ3) is 2.33. The van der Waals surface area contributed by atoms with Crippen molar-refractivity contribution in [3.63, 3.8) is 0 Å². The summed E-state index contributed by atoms with van der Waals surface area (Å²) >= 11 is 1.64. The molecule has 1 spiro atoms. The van der Waals surface area contributed by atoms with E-state index in [0.29, 0.717) is 6.61 Å². The third-order valence-electron chi connectivity index (χ3n) is 4.03. The molecule has 4 heterocycles. The molecule has 0 N–H and O–H groups in total. The van der Waals surface area contributed by atoms with Crippen molar-refractivity contribution in [2.24, 2.45) is 0 Å². The lowest BCUT2D eigenvalue weighted by Gasteiger charge is -2.47. The summed E-state index contributed by atoms with van der Waals surface area (Å²) in [5, 5.41) is 5.69. The lowest BCUT2D eigenvalue weighted by atomic mass is 9.95.